The largest absolute Gasteiger partial charge is 0.494 e. The van der Waals surface area contributed by atoms with Gasteiger partial charge < -0.3 is 10.5 Å². The van der Waals surface area contributed by atoms with Gasteiger partial charge in [0.15, 0.2) is 0 Å². The summed E-state index contributed by atoms with van der Waals surface area (Å²) >= 11 is 0. The van der Waals surface area contributed by atoms with Crippen LogP contribution in [0.3, 0.4) is 0 Å². The van der Waals surface area contributed by atoms with Crippen molar-refractivity contribution in [1.29, 1.82) is 0 Å². The highest BCUT2D eigenvalue weighted by atomic mass is 16.5. The molecule has 1 aromatic carbocycles. The van der Waals surface area contributed by atoms with Crippen LogP contribution < -0.4 is 15.9 Å². The summed E-state index contributed by atoms with van der Waals surface area (Å²) in [6, 6.07) is 6.70. The molecule has 0 aromatic heterocycles. The Labute approximate surface area is 94.3 Å². The monoisotopic (exact) mass is 221 g/mol. The SMILES string of the molecule is CCCOc1ccc(C=NNC(N)=O)cc1. The molecule has 0 saturated carbocycles. The number of primary amides is 1. The molecule has 1 rings (SSSR count). The molecule has 5 nitrogen and oxygen atoms in total. The van der Waals surface area contributed by atoms with Gasteiger partial charge in [-0.05, 0) is 36.2 Å². The Balaban J connectivity index is 2.50. The van der Waals surface area contributed by atoms with Crippen LogP contribution in [0.25, 0.3) is 0 Å². The van der Waals surface area contributed by atoms with Crippen molar-refractivity contribution in [2.24, 2.45) is 10.8 Å². The van der Waals surface area contributed by atoms with Gasteiger partial charge in [0.25, 0.3) is 0 Å². The van der Waals surface area contributed by atoms with Crippen LogP contribution in [0.2, 0.25) is 0 Å². The zero-order valence-electron chi connectivity index (χ0n) is 9.14. The van der Waals surface area contributed by atoms with Crippen molar-refractivity contribution in [1.82, 2.24) is 5.43 Å². The summed E-state index contributed by atoms with van der Waals surface area (Å²) in [6.45, 7) is 2.76. The fourth-order valence-electron chi connectivity index (χ4n) is 1.04. The highest BCUT2D eigenvalue weighted by Crippen LogP contribution is 2.11. The molecule has 0 unspecified atom stereocenters. The van der Waals surface area contributed by atoms with Crippen LogP contribution in [0.15, 0.2) is 29.4 Å². The number of nitrogens with zero attached hydrogens (tertiary/aromatic N) is 1. The zero-order valence-corrected chi connectivity index (χ0v) is 9.14. The van der Waals surface area contributed by atoms with E-state index in [1.807, 2.05) is 24.3 Å². The quantitative estimate of drug-likeness (QED) is 0.583. The molecule has 0 spiro atoms. The third-order valence-corrected chi connectivity index (χ3v) is 1.74. The summed E-state index contributed by atoms with van der Waals surface area (Å²) in [5, 5.41) is 3.64. The normalized spacial score (nSPS) is 10.3. The summed E-state index contributed by atoms with van der Waals surface area (Å²) in [5.41, 5.74) is 7.83. The number of benzene rings is 1. The first kappa shape index (κ1) is 12.0. The molecule has 0 radical (unpaired) electrons. The van der Waals surface area contributed by atoms with Crippen molar-refractivity contribution in [2.45, 2.75) is 13.3 Å². The Morgan fingerprint density at radius 1 is 1.50 bits per heavy atom. The van der Waals surface area contributed by atoms with Gasteiger partial charge in [0.05, 0.1) is 12.8 Å². The van der Waals surface area contributed by atoms with Crippen LogP contribution in [-0.4, -0.2) is 18.9 Å². The summed E-state index contributed by atoms with van der Waals surface area (Å²) in [4.78, 5) is 10.3. The smallest absolute Gasteiger partial charge is 0.332 e. The molecular weight excluding hydrogens is 206 g/mol. The number of rotatable bonds is 5. The number of carbonyl (C=O) groups excluding carboxylic acids is 1. The number of nitrogens with two attached hydrogens (primary N) is 1. The van der Waals surface area contributed by atoms with Gasteiger partial charge >= 0.3 is 6.03 Å². The average molecular weight is 221 g/mol. The van der Waals surface area contributed by atoms with Crippen LogP contribution in [0.1, 0.15) is 18.9 Å². The number of urea groups is 1. The zero-order chi connectivity index (χ0) is 11.8. The number of nitrogens with one attached hydrogen (secondary N) is 1. The van der Waals surface area contributed by atoms with Crippen molar-refractivity contribution in [3.05, 3.63) is 29.8 Å². The maximum absolute atomic E-state index is 10.3. The van der Waals surface area contributed by atoms with Crippen molar-refractivity contribution in [3.63, 3.8) is 0 Å². The second-order valence-electron chi connectivity index (χ2n) is 3.15. The molecule has 0 aliphatic carbocycles. The van der Waals surface area contributed by atoms with E-state index in [1.165, 1.54) is 6.21 Å². The van der Waals surface area contributed by atoms with E-state index in [0.29, 0.717) is 6.61 Å². The van der Waals surface area contributed by atoms with Crippen molar-refractivity contribution in [3.8, 4) is 5.75 Å². The van der Waals surface area contributed by atoms with E-state index in [-0.39, 0.29) is 0 Å². The van der Waals surface area contributed by atoms with Gasteiger partial charge in [-0.2, -0.15) is 5.10 Å². The number of hydrazone groups is 1. The van der Waals surface area contributed by atoms with E-state index < -0.39 is 6.03 Å². The summed E-state index contributed by atoms with van der Waals surface area (Å²) in [7, 11) is 0. The minimum atomic E-state index is -0.681. The second kappa shape index (κ2) is 6.44. The molecule has 2 amide bonds. The molecule has 0 aliphatic heterocycles. The number of carbonyl (C=O) groups is 1. The second-order valence-corrected chi connectivity index (χ2v) is 3.15. The lowest BCUT2D eigenvalue weighted by molar-refractivity contribution is 0.249. The van der Waals surface area contributed by atoms with Gasteiger partial charge in [-0.15, -0.1) is 0 Å². The Bertz CT molecular complexity index is 360. The first-order valence-electron chi connectivity index (χ1n) is 5.03. The van der Waals surface area contributed by atoms with Crippen LogP contribution in [0.4, 0.5) is 4.79 Å². The minimum Gasteiger partial charge on any atom is -0.494 e. The van der Waals surface area contributed by atoms with Crippen LogP contribution in [-0.2, 0) is 0 Å². The van der Waals surface area contributed by atoms with Crippen LogP contribution in [0, 0.1) is 0 Å². The van der Waals surface area contributed by atoms with Crippen LogP contribution >= 0.6 is 0 Å². The van der Waals surface area contributed by atoms with Crippen molar-refractivity contribution in [2.75, 3.05) is 6.61 Å². The summed E-state index contributed by atoms with van der Waals surface area (Å²) in [6.07, 6.45) is 2.49. The molecule has 16 heavy (non-hydrogen) atoms. The van der Waals surface area contributed by atoms with Gasteiger partial charge in [0, 0.05) is 0 Å². The third kappa shape index (κ3) is 4.45. The molecular formula is C11H15N3O2. The highest BCUT2D eigenvalue weighted by Gasteiger charge is 1.93. The third-order valence-electron chi connectivity index (χ3n) is 1.74. The van der Waals surface area contributed by atoms with Gasteiger partial charge in [-0.3, -0.25) is 0 Å². The summed E-state index contributed by atoms with van der Waals surface area (Å²) in [5.74, 6) is 0.821. The molecule has 0 aliphatic rings. The van der Waals surface area contributed by atoms with Crippen LogP contribution in [0.5, 0.6) is 5.75 Å². The predicted octanol–water partition coefficient (Wildman–Crippen LogP) is 1.48. The standard InChI is InChI=1S/C11H15N3O2/c1-2-7-16-10-5-3-9(4-6-10)8-13-14-11(12)15/h3-6,8H,2,7H2,1H3,(H3,12,14,15). The van der Waals surface area contributed by atoms with E-state index in [4.69, 9.17) is 10.5 Å². The van der Waals surface area contributed by atoms with Gasteiger partial charge in [0.1, 0.15) is 5.75 Å². The lowest BCUT2D eigenvalue weighted by Crippen LogP contribution is -2.24. The average Bonchev–Trinajstić information content (AvgIpc) is 2.27. The topological polar surface area (TPSA) is 76.7 Å². The van der Waals surface area contributed by atoms with Gasteiger partial charge in [-0.1, -0.05) is 6.92 Å². The maximum atomic E-state index is 10.3. The molecule has 3 N–H and O–H groups in total. The molecule has 0 fully saturated rings. The van der Waals surface area contributed by atoms with Crippen molar-refractivity contribution < 1.29 is 9.53 Å². The minimum absolute atomic E-state index is 0.681. The molecule has 1 aromatic rings. The first-order chi connectivity index (χ1) is 7.72. The maximum Gasteiger partial charge on any atom is 0.332 e. The molecule has 0 bridgehead atoms. The highest BCUT2D eigenvalue weighted by molar-refractivity contribution is 5.81. The number of ether oxygens (including phenoxy) is 1. The fourth-order valence-corrected chi connectivity index (χ4v) is 1.04. The number of amides is 2. The number of hydrogen-bond donors (Lipinski definition) is 2. The summed E-state index contributed by atoms with van der Waals surface area (Å²) < 4.78 is 5.42. The fraction of sp³-hybridized carbons (Fsp3) is 0.273. The lowest BCUT2D eigenvalue weighted by Gasteiger charge is -2.03. The lowest BCUT2D eigenvalue weighted by atomic mass is 10.2. The molecule has 0 heterocycles. The Hall–Kier alpha value is -2.04. The van der Waals surface area contributed by atoms with E-state index in [9.17, 15) is 4.79 Å². The first-order valence-corrected chi connectivity index (χ1v) is 5.03. The van der Waals surface area contributed by atoms with E-state index in [2.05, 4.69) is 17.5 Å². The Morgan fingerprint density at radius 3 is 2.75 bits per heavy atom. The Morgan fingerprint density at radius 2 is 2.19 bits per heavy atom. The van der Waals surface area contributed by atoms with E-state index in [0.717, 1.165) is 17.7 Å². The van der Waals surface area contributed by atoms with Gasteiger partial charge in [0.2, 0.25) is 0 Å². The molecule has 0 atom stereocenters. The molecule has 0 saturated heterocycles. The Kier molecular flexibility index (Phi) is 4.85. The van der Waals surface area contributed by atoms with E-state index in [1.54, 1.807) is 0 Å². The molecule has 86 valence electrons. The predicted molar refractivity (Wildman–Crippen MR) is 62.5 cm³/mol. The van der Waals surface area contributed by atoms with Crippen molar-refractivity contribution >= 4 is 12.2 Å². The van der Waals surface area contributed by atoms with Gasteiger partial charge in [-0.25, -0.2) is 10.2 Å². The van der Waals surface area contributed by atoms with E-state index >= 15 is 0 Å². The molecule has 5 heteroatoms. The number of hydrogen-bond acceptors (Lipinski definition) is 3.